The van der Waals surface area contributed by atoms with Crippen molar-refractivity contribution in [2.75, 3.05) is 6.54 Å². The van der Waals surface area contributed by atoms with E-state index in [0.29, 0.717) is 6.54 Å². The molecule has 108 valence electrons. The molecule has 1 nitrogen and oxygen atoms in total. The van der Waals surface area contributed by atoms with Crippen LogP contribution in [0.15, 0.2) is 58.7 Å². The summed E-state index contributed by atoms with van der Waals surface area (Å²) >= 11 is 0. The van der Waals surface area contributed by atoms with Crippen LogP contribution in [0.2, 0.25) is 0 Å². The van der Waals surface area contributed by atoms with Crippen molar-refractivity contribution in [2.24, 2.45) is 5.73 Å². The summed E-state index contributed by atoms with van der Waals surface area (Å²) in [5, 5.41) is 0. The van der Waals surface area contributed by atoms with Crippen molar-refractivity contribution in [3.8, 4) is 0 Å². The number of nitrogens with two attached hydrogens (primary N) is 1. The minimum atomic E-state index is 0.616. The van der Waals surface area contributed by atoms with E-state index in [0.717, 1.165) is 0 Å². The molecule has 0 unspecified atom stereocenters. The fraction of sp³-hybridized carbons (Fsp3) is 0.474. The highest BCUT2D eigenvalue weighted by atomic mass is 14.5. The van der Waals surface area contributed by atoms with E-state index in [9.17, 15) is 0 Å². The molecule has 0 aromatic carbocycles. The third-order valence-corrected chi connectivity index (χ3v) is 4.08. The zero-order valence-corrected chi connectivity index (χ0v) is 12.7. The van der Waals surface area contributed by atoms with Gasteiger partial charge < -0.3 is 5.73 Å². The van der Waals surface area contributed by atoms with Crippen LogP contribution in [0.5, 0.6) is 0 Å². The molecular weight excluding hydrogens is 242 g/mol. The van der Waals surface area contributed by atoms with E-state index in [1.807, 2.05) is 6.08 Å². The summed E-state index contributed by atoms with van der Waals surface area (Å²) < 4.78 is 0. The summed E-state index contributed by atoms with van der Waals surface area (Å²) in [6.45, 7) is 2.71. The van der Waals surface area contributed by atoms with Crippen LogP contribution in [0.25, 0.3) is 0 Å². The number of hydrogen-bond acceptors (Lipinski definition) is 1. The van der Waals surface area contributed by atoms with Gasteiger partial charge in [-0.2, -0.15) is 0 Å². The molecule has 0 aromatic heterocycles. The molecule has 2 aliphatic carbocycles. The van der Waals surface area contributed by atoms with Gasteiger partial charge in [0.05, 0.1) is 0 Å². The van der Waals surface area contributed by atoms with Crippen LogP contribution in [0.1, 0.15) is 51.9 Å². The lowest BCUT2D eigenvalue weighted by molar-refractivity contribution is 0.687. The molecule has 0 aliphatic heterocycles. The molecule has 0 saturated carbocycles. The van der Waals surface area contributed by atoms with Crippen molar-refractivity contribution >= 4 is 0 Å². The normalized spacial score (nSPS) is 23.1. The molecule has 0 aromatic rings. The van der Waals surface area contributed by atoms with Crippen molar-refractivity contribution in [3.05, 3.63) is 58.7 Å². The second-order valence-electron chi connectivity index (χ2n) is 5.78. The molecule has 0 bridgehead atoms. The Bertz CT molecular complexity index is 472. The van der Waals surface area contributed by atoms with Gasteiger partial charge in [0.2, 0.25) is 0 Å². The first-order valence-corrected chi connectivity index (χ1v) is 7.93. The van der Waals surface area contributed by atoms with Crippen LogP contribution in [0.4, 0.5) is 0 Å². The van der Waals surface area contributed by atoms with Gasteiger partial charge in [0.15, 0.2) is 0 Å². The molecule has 20 heavy (non-hydrogen) atoms. The zero-order chi connectivity index (χ0) is 14.2. The smallest absolute Gasteiger partial charge is 0.0112 e. The maximum Gasteiger partial charge on any atom is 0.0112 e. The van der Waals surface area contributed by atoms with Gasteiger partial charge in [0, 0.05) is 6.54 Å². The molecule has 2 aliphatic rings. The molecule has 0 atom stereocenters. The summed E-state index contributed by atoms with van der Waals surface area (Å²) in [5.41, 5.74) is 11.4. The van der Waals surface area contributed by atoms with Gasteiger partial charge in [-0.15, -0.1) is 0 Å². The topological polar surface area (TPSA) is 26.0 Å². The Labute approximate surface area is 123 Å². The largest absolute Gasteiger partial charge is 0.327 e. The van der Waals surface area contributed by atoms with E-state index >= 15 is 0 Å². The van der Waals surface area contributed by atoms with Crippen LogP contribution in [0.3, 0.4) is 0 Å². The van der Waals surface area contributed by atoms with Crippen molar-refractivity contribution in [2.45, 2.75) is 51.9 Å². The Morgan fingerprint density at radius 1 is 1.15 bits per heavy atom. The fourth-order valence-electron chi connectivity index (χ4n) is 2.94. The minimum Gasteiger partial charge on any atom is -0.327 e. The Hall–Kier alpha value is -1.34. The second-order valence-corrected chi connectivity index (χ2v) is 5.78. The summed E-state index contributed by atoms with van der Waals surface area (Å²) in [6.07, 6.45) is 22.5. The number of hydrogen-bond donors (Lipinski definition) is 1. The Morgan fingerprint density at radius 2 is 2.00 bits per heavy atom. The van der Waals surface area contributed by atoms with Crippen molar-refractivity contribution < 1.29 is 0 Å². The average molecular weight is 269 g/mol. The van der Waals surface area contributed by atoms with E-state index in [2.05, 4.69) is 37.3 Å². The Morgan fingerprint density at radius 3 is 2.75 bits per heavy atom. The van der Waals surface area contributed by atoms with Crippen LogP contribution < -0.4 is 5.73 Å². The van der Waals surface area contributed by atoms with Gasteiger partial charge in [0.25, 0.3) is 0 Å². The molecule has 0 amide bonds. The lowest BCUT2D eigenvalue weighted by Crippen LogP contribution is -2.01. The highest BCUT2D eigenvalue weighted by molar-refractivity contribution is 5.41. The van der Waals surface area contributed by atoms with E-state index in [4.69, 9.17) is 5.73 Å². The summed E-state index contributed by atoms with van der Waals surface area (Å²) in [4.78, 5) is 0. The summed E-state index contributed by atoms with van der Waals surface area (Å²) in [6, 6.07) is 0. The molecule has 0 heterocycles. The molecule has 2 N–H and O–H groups in total. The highest BCUT2D eigenvalue weighted by Crippen LogP contribution is 2.32. The highest BCUT2D eigenvalue weighted by Gasteiger charge is 2.12. The van der Waals surface area contributed by atoms with E-state index < -0.39 is 0 Å². The van der Waals surface area contributed by atoms with Gasteiger partial charge in [-0.05, 0) is 68.6 Å². The molecule has 1 heteroatoms. The monoisotopic (exact) mass is 269 g/mol. The maximum atomic E-state index is 5.50. The first-order valence-electron chi connectivity index (χ1n) is 7.93. The van der Waals surface area contributed by atoms with Crippen LogP contribution in [-0.4, -0.2) is 6.54 Å². The van der Waals surface area contributed by atoms with E-state index in [-0.39, 0.29) is 0 Å². The van der Waals surface area contributed by atoms with Gasteiger partial charge in [-0.25, -0.2) is 0 Å². The SMILES string of the molecule is CC(/C=C/C=C1/C=C(C2=CCCCC2)CCC1)=C\CN. The molecule has 0 radical (unpaired) electrons. The third kappa shape index (κ3) is 4.64. The minimum absolute atomic E-state index is 0.616. The van der Waals surface area contributed by atoms with Gasteiger partial charge >= 0.3 is 0 Å². The molecule has 0 saturated heterocycles. The van der Waals surface area contributed by atoms with Crippen molar-refractivity contribution in [3.63, 3.8) is 0 Å². The quantitative estimate of drug-likeness (QED) is 0.715. The van der Waals surface area contributed by atoms with Crippen molar-refractivity contribution in [1.82, 2.24) is 0 Å². The zero-order valence-electron chi connectivity index (χ0n) is 12.7. The predicted molar refractivity (Wildman–Crippen MR) is 88.5 cm³/mol. The van der Waals surface area contributed by atoms with Gasteiger partial charge in [-0.3, -0.25) is 0 Å². The Kier molecular flexibility index (Phi) is 6.07. The molecule has 2 rings (SSSR count). The fourth-order valence-corrected chi connectivity index (χ4v) is 2.94. The van der Waals surface area contributed by atoms with E-state index in [1.54, 1.807) is 11.1 Å². The predicted octanol–water partition coefficient (Wildman–Crippen LogP) is 4.98. The molecule has 0 fully saturated rings. The average Bonchev–Trinajstić information content (AvgIpc) is 2.49. The third-order valence-electron chi connectivity index (χ3n) is 4.08. The summed E-state index contributed by atoms with van der Waals surface area (Å²) in [5.74, 6) is 0. The standard InChI is InChI=1S/C19H27N/c1-16(13-14-20)7-5-8-17-9-6-12-19(15-17)18-10-3-2-4-11-18/h5,7-8,10,13,15H,2-4,6,9,11-12,14,20H2,1H3/b7-5+,16-13+,17-8+. The van der Waals surface area contributed by atoms with Crippen molar-refractivity contribution in [1.29, 1.82) is 0 Å². The number of rotatable bonds is 4. The maximum absolute atomic E-state index is 5.50. The van der Waals surface area contributed by atoms with Crippen LogP contribution >= 0.6 is 0 Å². The van der Waals surface area contributed by atoms with Gasteiger partial charge in [0.1, 0.15) is 0 Å². The van der Waals surface area contributed by atoms with E-state index in [1.165, 1.54) is 56.1 Å². The second kappa shape index (κ2) is 8.06. The summed E-state index contributed by atoms with van der Waals surface area (Å²) in [7, 11) is 0. The van der Waals surface area contributed by atoms with Crippen LogP contribution in [-0.2, 0) is 0 Å². The van der Waals surface area contributed by atoms with Gasteiger partial charge in [-0.1, -0.05) is 42.0 Å². The molecular formula is C19H27N. The number of allylic oxidation sites excluding steroid dienone is 9. The lowest BCUT2D eigenvalue weighted by atomic mass is 9.85. The lowest BCUT2D eigenvalue weighted by Gasteiger charge is -2.20. The first-order chi connectivity index (χ1) is 9.79. The Balaban J connectivity index is 2.05. The molecule has 0 spiro atoms. The van der Waals surface area contributed by atoms with Crippen LogP contribution in [0, 0.1) is 0 Å². The first kappa shape index (κ1) is 15.1.